The van der Waals surface area contributed by atoms with Crippen molar-refractivity contribution in [2.45, 2.75) is 45.4 Å². The lowest BCUT2D eigenvalue weighted by molar-refractivity contribution is -0.384. The van der Waals surface area contributed by atoms with Gasteiger partial charge in [-0.3, -0.25) is 19.7 Å². The Balaban J connectivity index is 2.64. The van der Waals surface area contributed by atoms with Gasteiger partial charge in [0.1, 0.15) is 23.1 Å². The van der Waals surface area contributed by atoms with Crippen LogP contribution in [0, 0.1) is 10.1 Å². The highest BCUT2D eigenvalue weighted by Crippen LogP contribution is 2.44. The van der Waals surface area contributed by atoms with Gasteiger partial charge in [0.25, 0.3) is 5.69 Å². The van der Waals surface area contributed by atoms with Gasteiger partial charge in [-0.2, -0.15) is 0 Å². The standard InChI is InChI=1S/C15H19N3O6/c1-7(19)16-10-6-12-9(5-11(10)18(22)23)13(17-8(2)20)14(21)15(3,4)24-12/h5-6,13-14,21H,1-4H3,(H,16,19)(H,17,20)/t13-,14+/m0/s1. The fourth-order valence-electron chi connectivity index (χ4n) is 2.65. The van der Waals surface area contributed by atoms with Gasteiger partial charge < -0.3 is 20.5 Å². The SMILES string of the molecule is CC(=O)Nc1cc2c(cc1[N+](=O)[O-])[C@H](NC(C)=O)[C@@H](O)C(C)(C)O2. The number of nitrogens with one attached hydrogen (secondary N) is 2. The Bertz CT molecular complexity index is 715. The highest BCUT2D eigenvalue weighted by atomic mass is 16.6. The first-order chi connectivity index (χ1) is 11.0. The topological polar surface area (TPSA) is 131 Å². The molecule has 0 unspecified atom stereocenters. The van der Waals surface area contributed by atoms with Gasteiger partial charge in [-0.1, -0.05) is 0 Å². The maximum atomic E-state index is 11.5. The van der Waals surface area contributed by atoms with Crippen LogP contribution < -0.4 is 15.4 Å². The molecule has 0 saturated carbocycles. The van der Waals surface area contributed by atoms with E-state index in [9.17, 15) is 24.8 Å². The first kappa shape index (κ1) is 17.7. The van der Waals surface area contributed by atoms with Crippen LogP contribution in [-0.4, -0.2) is 33.5 Å². The second kappa shape index (κ2) is 6.08. The molecular weight excluding hydrogens is 318 g/mol. The molecule has 1 aromatic rings. The summed E-state index contributed by atoms with van der Waals surface area (Å²) in [7, 11) is 0. The number of anilines is 1. The third-order valence-corrected chi connectivity index (χ3v) is 3.73. The molecule has 1 aliphatic heterocycles. The molecule has 9 heteroatoms. The summed E-state index contributed by atoms with van der Waals surface area (Å²) in [6, 6.07) is 1.66. The van der Waals surface area contributed by atoms with Crippen LogP contribution in [0.25, 0.3) is 0 Å². The van der Waals surface area contributed by atoms with Gasteiger partial charge >= 0.3 is 0 Å². The maximum absolute atomic E-state index is 11.5. The zero-order valence-electron chi connectivity index (χ0n) is 13.7. The summed E-state index contributed by atoms with van der Waals surface area (Å²) in [6.45, 7) is 5.79. The number of hydrogen-bond donors (Lipinski definition) is 3. The van der Waals surface area contributed by atoms with Crippen molar-refractivity contribution in [3.8, 4) is 5.75 Å². The molecule has 3 N–H and O–H groups in total. The van der Waals surface area contributed by atoms with Gasteiger partial charge in [-0.25, -0.2) is 0 Å². The van der Waals surface area contributed by atoms with Crippen molar-refractivity contribution >= 4 is 23.2 Å². The number of nitro groups is 1. The molecular formula is C15H19N3O6. The second-order valence-corrected chi connectivity index (χ2v) is 6.17. The fourth-order valence-corrected chi connectivity index (χ4v) is 2.65. The number of benzene rings is 1. The van der Waals surface area contributed by atoms with Crippen molar-refractivity contribution in [1.82, 2.24) is 5.32 Å². The molecule has 0 spiro atoms. The molecule has 24 heavy (non-hydrogen) atoms. The Kier molecular flexibility index (Phi) is 4.48. The molecule has 2 atom stereocenters. The molecule has 1 heterocycles. The molecule has 2 rings (SSSR count). The van der Waals surface area contributed by atoms with E-state index in [-0.39, 0.29) is 22.7 Å². The van der Waals surface area contributed by atoms with Gasteiger partial charge in [0.2, 0.25) is 11.8 Å². The number of nitro benzene ring substituents is 1. The molecule has 130 valence electrons. The van der Waals surface area contributed by atoms with Crippen molar-refractivity contribution in [1.29, 1.82) is 0 Å². The maximum Gasteiger partial charge on any atom is 0.293 e. The number of aliphatic hydroxyl groups is 1. The van der Waals surface area contributed by atoms with Crippen molar-refractivity contribution in [2.75, 3.05) is 5.32 Å². The minimum atomic E-state index is -1.11. The Morgan fingerprint density at radius 1 is 1.29 bits per heavy atom. The summed E-state index contributed by atoms with van der Waals surface area (Å²) in [5, 5.41) is 26.7. The van der Waals surface area contributed by atoms with Crippen LogP contribution in [0.1, 0.15) is 39.3 Å². The predicted octanol–water partition coefficient (Wildman–Crippen LogP) is 1.26. The van der Waals surface area contributed by atoms with Crippen LogP contribution in [0.2, 0.25) is 0 Å². The molecule has 0 aromatic heterocycles. The molecule has 1 aromatic carbocycles. The van der Waals surface area contributed by atoms with E-state index in [1.807, 2.05) is 0 Å². The minimum absolute atomic E-state index is 0.0139. The van der Waals surface area contributed by atoms with E-state index in [2.05, 4.69) is 10.6 Å². The highest BCUT2D eigenvalue weighted by Gasteiger charge is 2.44. The summed E-state index contributed by atoms with van der Waals surface area (Å²) < 4.78 is 5.73. The number of ether oxygens (including phenoxy) is 1. The van der Waals surface area contributed by atoms with Gasteiger partial charge in [0, 0.05) is 31.5 Å². The third-order valence-electron chi connectivity index (χ3n) is 3.73. The second-order valence-electron chi connectivity index (χ2n) is 6.17. The molecule has 2 amide bonds. The Morgan fingerprint density at radius 3 is 2.42 bits per heavy atom. The number of carbonyl (C=O) groups excluding carboxylic acids is 2. The summed E-state index contributed by atoms with van der Waals surface area (Å²) in [5.41, 5.74) is -1.13. The average Bonchev–Trinajstić information content (AvgIpc) is 2.41. The molecule has 0 fully saturated rings. The van der Waals surface area contributed by atoms with E-state index in [4.69, 9.17) is 4.74 Å². The monoisotopic (exact) mass is 337 g/mol. The molecule has 1 aliphatic rings. The lowest BCUT2D eigenvalue weighted by Gasteiger charge is -2.42. The molecule has 0 radical (unpaired) electrons. The van der Waals surface area contributed by atoms with Crippen LogP contribution in [0.3, 0.4) is 0 Å². The minimum Gasteiger partial charge on any atom is -0.485 e. The molecule has 0 bridgehead atoms. The average molecular weight is 337 g/mol. The third kappa shape index (κ3) is 3.30. The van der Waals surface area contributed by atoms with Gasteiger partial charge in [0.15, 0.2) is 0 Å². The molecule has 9 nitrogen and oxygen atoms in total. The van der Waals surface area contributed by atoms with Gasteiger partial charge in [-0.05, 0) is 13.8 Å². The van der Waals surface area contributed by atoms with Crippen molar-refractivity contribution in [3.63, 3.8) is 0 Å². The van der Waals surface area contributed by atoms with E-state index in [1.165, 1.54) is 26.0 Å². The highest BCUT2D eigenvalue weighted by molar-refractivity contribution is 5.92. The number of fused-ring (bicyclic) bond motifs is 1. The van der Waals surface area contributed by atoms with Crippen molar-refractivity contribution in [2.24, 2.45) is 0 Å². The first-order valence-corrected chi connectivity index (χ1v) is 7.27. The molecule has 0 aliphatic carbocycles. The Labute approximate surface area is 138 Å². The van der Waals surface area contributed by atoms with E-state index < -0.39 is 34.5 Å². The quantitative estimate of drug-likeness (QED) is 0.562. The number of rotatable bonds is 3. The van der Waals surface area contributed by atoms with Crippen LogP contribution in [-0.2, 0) is 9.59 Å². The van der Waals surface area contributed by atoms with Crippen molar-refractivity contribution in [3.05, 3.63) is 27.8 Å². The van der Waals surface area contributed by atoms with Gasteiger partial charge in [-0.15, -0.1) is 0 Å². The smallest absolute Gasteiger partial charge is 0.293 e. The van der Waals surface area contributed by atoms with Crippen molar-refractivity contribution < 1.29 is 24.4 Å². The zero-order valence-corrected chi connectivity index (χ0v) is 13.7. The van der Waals surface area contributed by atoms with Gasteiger partial charge in [0.05, 0.1) is 11.0 Å². The predicted molar refractivity (Wildman–Crippen MR) is 84.7 cm³/mol. The lowest BCUT2D eigenvalue weighted by atomic mass is 9.86. The largest absolute Gasteiger partial charge is 0.485 e. The van der Waals surface area contributed by atoms with E-state index >= 15 is 0 Å². The number of nitrogens with zero attached hydrogens (tertiary/aromatic N) is 1. The van der Waals surface area contributed by atoms with E-state index in [0.29, 0.717) is 0 Å². The zero-order chi connectivity index (χ0) is 18.2. The summed E-state index contributed by atoms with van der Waals surface area (Å²) in [5.74, 6) is -0.610. The van der Waals surface area contributed by atoms with Crippen LogP contribution in [0.5, 0.6) is 5.75 Å². The normalized spacial score (nSPS) is 21.2. The lowest BCUT2D eigenvalue weighted by Crippen LogP contribution is -2.53. The van der Waals surface area contributed by atoms with E-state index in [0.717, 1.165) is 0 Å². The number of hydrogen-bond acceptors (Lipinski definition) is 6. The van der Waals surface area contributed by atoms with E-state index in [1.54, 1.807) is 13.8 Å². The van der Waals surface area contributed by atoms with Crippen LogP contribution in [0.4, 0.5) is 11.4 Å². The van der Waals surface area contributed by atoms with Crippen LogP contribution in [0.15, 0.2) is 12.1 Å². The number of aliphatic hydroxyl groups excluding tert-OH is 1. The number of carbonyl (C=O) groups is 2. The summed E-state index contributed by atoms with van der Waals surface area (Å²) >= 11 is 0. The van der Waals surface area contributed by atoms with Crippen LogP contribution >= 0.6 is 0 Å². The summed E-state index contributed by atoms with van der Waals surface area (Å²) in [4.78, 5) is 33.4. The number of amides is 2. The first-order valence-electron chi connectivity index (χ1n) is 7.27. The fraction of sp³-hybridized carbons (Fsp3) is 0.467. The summed E-state index contributed by atoms with van der Waals surface area (Å²) in [6.07, 6.45) is -1.11. The Morgan fingerprint density at radius 2 is 1.92 bits per heavy atom. The molecule has 0 saturated heterocycles. The Hall–Kier alpha value is -2.68.